The second-order valence-electron chi connectivity index (χ2n) is 6.52. The van der Waals surface area contributed by atoms with Crippen LogP contribution in [0.5, 0.6) is 5.75 Å². The number of ether oxygens (including phenoxy) is 1. The van der Waals surface area contributed by atoms with Crippen LogP contribution in [0, 0.1) is 5.82 Å². The van der Waals surface area contributed by atoms with Crippen LogP contribution in [0.4, 0.5) is 10.1 Å². The molecule has 148 valence electrons. The van der Waals surface area contributed by atoms with E-state index in [2.05, 4.69) is 20.9 Å². The first-order valence-corrected chi connectivity index (χ1v) is 9.38. The van der Waals surface area contributed by atoms with E-state index in [1.54, 1.807) is 13.1 Å². The van der Waals surface area contributed by atoms with Crippen molar-refractivity contribution in [2.45, 2.75) is 19.3 Å². The number of nitrogens with one attached hydrogen (secondary N) is 3. The van der Waals surface area contributed by atoms with Crippen LogP contribution in [0.3, 0.4) is 0 Å². The van der Waals surface area contributed by atoms with E-state index in [0.717, 1.165) is 29.0 Å². The Hall–Kier alpha value is -3.09. The molecule has 7 heteroatoms. The summed E-state index contributed by atoms with van der Waals surface area (Å²) >= 11 is 0. The van der Waals surface area contributed by atoms with Gasteiger partial charge in [-0.1, -0.05) is 12.1 Å². The van der Waals surface area contributed by atoms with Gasteiger partial charge in [0.05, 0.1) is 6.54 Å². The highest BCUT2D eigenvalue weighted by molar-refractivity contribution is 5.94. The van der Waals surface area contributed by atoms with Gasteiger partial charge in [0.2, 0.25) is 5.91 Å². The Morgan fingerprint density at radius 1 is 1.18 bits per heavy atom. The maximum atomic E-state index is 13.2. The van der Waals surface area contributed by atoms with E-state index in [1.807, 2.05) is 24.3 Å². The van der Waals surface area contributed by atoms with Crippen molar-refractivity contribution in [3.05, 3.63) is 59.4 Å². The lowest BCUT2D eigenvalue weighted by molar-refractivity contribution is -0.116. The van der Waals surface area contributed by atoms with Crippen molar-refractivity contribution in [2.24, 2.45) is 4.99 Å². The number of rotatable bonds is 7. The number of amides is 1. The number of halogens is 1. The van der Waals surface area contributed by atoms with Gasteiger partial charge in [0, 0.05) is 25.7 Å². The van der Waals surface area contributed by atoms with Gasteiger partial charge in [-0.2, -0.15) is 0 Å². The molecule has 1 heterocycles. The fourth-order valence-electron chi connectivity index (χ4n) is 3.03. The van der Waals surface area contributed by atoms with E-state index in [9.17, 15) is 9.18 Å². The average Bonchev–Trinajstić information content (AvgIpc) is 2.70. The van der Waals surface area contributed by atoms with E-state index in [-0.39, 0.29) is 11.7 Å². The molecule has 0 unspecified atom stereocenters. The van der Waals surface area contributed by atoms with E-state index in [4.69, 9.17) is 4.74 Å². The summed E-state index contributed by atoms with van der Waals surface area (Å²) in [6, 6.07) is 12.3. The van der Waals surface area contributed by atoms with Gasteiger partial charge >= 0.3 is 0 Å². The van der Waals surface area contributed by atoms with Crippen molar-refractivity contribution in [3.8, 4) is 5.75 Å². The molecule has 0 saturated heterocycles. The van der Waals surface area contributed by atoms with Crippen molar-refractivity contribution in [1.82, 2.24) is 10.6 Å². The molecule has 6 nitrogen and oxygen atoms in total. The largest absolute Gasteiger partial charge is 0.492 e. The Bertz CT molecular complexity index is 854. The third kappa shape index (κ3) is 5.70. The topological polar surface area (TPSA) is 74.8 Å². The summed E-state index contributed by atoms with van der Waals surface area (Å²) in [6.45, 7) is 1.73. The van der Waals surface area contributed by atoms with Crippen molar-refractivity contribution >= 4 is 17.6 Å². The summed E-state index contributed by atoms with van der Waals surface area (Å²) in [6.07, 6.45) is 1.95. The Labute approximate surface area is 164 Å². The van der Waals surface area contributed by atoms with Gasteiger partial charge in [-0.25, -0.2) is 4.39 Å². The lowest BCUT2D eigenvalue weighted by Gasteiger charge is -2.18. The van der Waals surface area contributed by atoms with Crippen LogP contribution in [0.2, 0.25) is 0 Å². The van der Waals surface area contributed by atoms with Crippen LogP contribution >= 0.6 is 0 Å². The Balaban J connectivity index is 1.37. The minimum Gasteiger partial charge on any atom is -0.492 e. The molecule has 0 fully saturated rings. The SMILES string of the molecule is CN=C(NCCOc1ccc2c(c1)CCC(=O)N2)NCCc1cccc(F)c1. The van der Waals surface area contributed by atoms with Crippen LogP contribution in [-0.2, 0) is 17.6 Å². The molecule has 0 atom stereocenters. The third-order valence-electron chi connectivity index (χ3n) is 4.45. The van der Waals surface area contributed by atoms with E-state index < -0.39 is 0 Å². The van der Waals surface area contributed by atoms with Gasteiger partial charge in [0.1, 0.15) is 18.2 Å². The monoisotopic (exact) mass is 384 g/mol. The second kappa shape index (κ2) is 9.73. The van der Waals surface area contributed by atoms with Crippen molar-refractivity contribution in [3.63, 3.8) is 0 Å². The zero-order chi connectivity index (χ0) is 19.8. The quantitative estimate of drug-likeness (QED) is 0.390. The second-order valence-corrected chi connectivity index (χ2v) is 6.52. The molecule has 3 N–H and O–H groups in total. The minimum atomic E-state index is -0.221. The first-order chi connectivity index (χ1) is 13.6. The number of carbonyl (C=O) groups is 1. The molecule has 0 bridgehead atoms. The van der Waals surface area contributed by atoms with Crippen LogP contribution in [0.1, 0.15) is 17.5 Å². The standard InChI is InChI=1S/C21H25FN4O2/c1-23-21(24-10-9-15-3-2-4-17(22)13-15)25-11-12-28-18-6-7-19-16(14-18)5-8-20(27)26-19/h2-4,6-7,13-14H,5,8-12H2,1H3,(H,26,27)(H2,23,24,25). The molecule has 1 aliphatic rings. The van der Waals surface area contributed by atoms with Gasteiger partial charge in [0.25, 0.3) is 0 Å². The molecule has 0 saturated carbocycles. The number of aliphatic imine (C=N–C) groups is 1. The molecule has 1 amide bonds. The number of hydrogen-bond donors (Lipinski definition) is 3. The van der Waals surface area contributed by atoms with Gasteiger partial charge < -0.3 is 20.7 Å². The molecule has 0 aliphatic carbocycles. The number of aryl methyl sites for hydroxylation is 1. The van der Waals surface area contributed by atoms with Crippen molar-refractivity contribution < 1.29 is 13.9 Å². The first-order valence-electron chi connectivity index (χ1n) is 9.38. The number of anilines is 1. The predicted octanol–water partition coefficient (Wildman–Crippen LogP) is 2.50. The molecular weight excluding hydrogens is 359 g/mol. The maximum Gasteiger partial charge on any atom is 0.224 e. The highest BCUT2D eigenvalue weighted by atomic mass is 19.1. The summed E-state index contributed by atoms with van der Waals surface area (Å²) in [7, 11) is 1.70. The van der Waals surface area contributed by atoms with Gasteiger partial charge in [-0.15, -0.1) is 0 Å². The molecule has 0 spiro atoms. The highest BCUT2D eigenvalue weighted by Crippen LogP contribution is 2.26. The fourth-order valence-corrected chi connectivity index (χ4v) is 3.03. The van der Waals surface area contributed by atoms with Crippen LogP contribution in [0.15, 0.2) is 47.5 Å². The predicted molar refractivity (Wildman–Crippen MR) is 108 cm³/mol. The van der Waals surface area contributed by atoms with Crippen LogP contribution in [0.25, 0.3) is 0 Å². The maximum absolute atomic E-state index is 13.2. The van der Waals surface area contributed by atoms with E-state index >= 15 is 0 Å². The zero-order valence-corrected chi connectivity index (χ0v) is 15.9. The average molecular weight is 384 g/mol. The summed E-state index contributed by atoms with van der Waals surface area (Å²) in [5.74, 6) is 1.29. The molecule has 1 aliphatic heterocycles. The lowest BCUT2D eigenvalue weighted by Crippen LogP contribution is -2.40. The summed E-state index contributed by atoms with van der Waals surface area (Å²) in [4.78, 5) is 15.6. The fraction of sp³-hybridized carbons (Fsp3) is 0.333. The Kier molecular flexibility index (Phi) is 6.84. The first kappa shape index (κ1) is 19.7. The van der Waals surface area contributed by atoms with Crippen LogP contribution < -0.4 is 20.7 Å². The summed E-state index contributed by atoms with van der Waals surface area (Å²) in [5, 5.41) is 9.25. The Morgan fingerprint density at radius 2 is 2.04 bits per heavy atom. The van der Waals surface area contributed by atoms with Crippen molar-refractivity contribution in [1.29, 1.82) is 0 Å². The molecular formula is C21H25FN4O2. The molecule has 3 rings (SSSR count). The molecule has 28 heavy (non-hydrogen) atoms. The van der Waals surface area contributed by atoms with Crippen molar-refractivity contribution in [2.75, 3.05) is 32.1 Å². The number of fused-ring (bicyclic) bond motifs is 1. The van der Waals surface area contributed by atoms with Gasteiger partial charge in [-0.05, 0) is 54.3 Å². The summed E-state index contributed by atoms with van der Waals surface area (Å²) in [5.41, 5.74) is 2.90. The minimum absolute atomic E-state index is 0.0571. The Morgan fingerprint density at radius 3 is 2.86 bits per heavy atom. The number of carbonyl (C=O) groups excluding carboxylic acids is 1. The summed E-state index contributed by atoms with van der Waals surface area (Å²) < 4.78 is 19.0. The molecule has 2 aromatic rings. The van der Waals surface area contributed by atoms with E-state index in [1.165, 1.54) is 12.1 Å². The van der Waals surface area contributed by atoms with Crippen LogP contribution in [-0.4, -0.2) is 38.6 Å². The number of guanidine groups is 1. The lowest BCUT2D eigenvalue weighted by atomic mass is 10.0. The highest BCUT2D eigenvalue weighted by Gasteiger charge is 2.14. The normalized spacial score (nSPS) is 13.5. The number of nitrogens with zero attached hydrogens (tertiary/aromatic N) is 1. The smallest absolute Gasteiger partial charge is 0.224 e. The van der Waals surface area contributed by atoms with Gasteiger partial charge in [-0.3, -0.25) is 9.79 Å². The zero-order valence-electron chi connectivity index (χ0n) is 15.9. The van der Waals surface area contributed by atoms with E-state index in [0.29, 0.717) is 38.5 Å². The molecule has 2 aromatic carbocycles. The molecule has 0 radical (unpaired) electrons. The third-order valence-corrected chi connectivity index (χ3v) is 4.45. The number of hydrogen-bond acceptors (Lipinski definition) is 3. The number of benzene rings is 2. The van der Waals surface area contributed by atoms with Gasteiger partial charge in [0.15, 0.2) is 5.96 Å². The molecule has 0 aromatic heterocycles.